The molecule has 1 aliphatic rings. The zero-order valence-corrected chi connectivity index (χ0v) is 20.7. The molecule has 0 aromatic heterocycles. The molecule has 3 aromatic rings. The van der Waals surface area contributed by atoms with Gasteiger partial charge in [-0.15, -0.1) is 0 Å². The van der Waals surface area contributed by atoms with Gasteiger partial charge in [-0.05, 0) is 84.6 Å². The number of nitrogens with one attached hydrogen (secondary N) is 1. The fraction of sp³-hybridized carbons (Fsp3) is 0.148. The molecule has 1 saturated heterocycles. The number of imide groups is 1. The normalized spacial score (nSPS) is 14.6. The van der Waals surface area contributed by atoms with Gasteiger partial charge < -0.3 is 10.4 Å². The maximum atomic E-state index is 12.9. The number of phenols is 1. The Morgan fingerprint density at radius 1 is 1.03 bits per heavy atom. The van der Waals surface area contributed by atoms with E-state index in [-0.39, 0.29) is 15.7 Å². The zero-order chi connectivity index (χ0) is 25.1. The average molecular weight is 507 g/mol. The number of hydrogen-bond acceptors (Lipinski definition) is 5. The van der Waals surface area contributed by atoms with Crippen LogP contribution >= 0.6 is 23.4 Å². The van der Waals surface area contributed by atoms with Crippen LogP contribution < -0.4 is 5.32 Å². The van der Waals surface area contributed by atoms with Crippen molar-refractivity contribution in [3.8, 4) is 5.75 Å². The van der Waals surface area contributed by atoms with Gasteiger partial charge in [-0.25, -0.2) is 0 Å². The summed E-state index contributed by atoms with van der Waals surface area (Å²) in [6.45, 7) is 3.49. The van der Waals surface area contributed by atoms with Crippen molar-refractivity contribution in [1.29, 1.82) is 0 Å². The molecule has 2 N–H and O–H groups in total. The van der Waals surface area contributed by atoms with Gasteiger partial charge in [0.25, 0.3) is 11.1 Å². The number of rotatable bonds is 6. The summed E-state index contributed by atoms with van der Waals surface area (Å²) in [6.07, 6.45) is 2.02. The first-order valence-corrected chi connectivity index (χ1v) is 12.1. The van der Waals surface area contributed by atoms with Crippen molar-refractivity contribution in [3.63, 3.8) is 0 Å². The number of phenolic OH excluding ortho intramolecular Hbond substituents is 1. The van der Waals surface area contributed by atoms with Gasteiger partial charge in [0, 0.05) is 11.3 Å². The molecule has 0 aliphatic carbocycles. The smallest absolute Gasteiger partial charge is 0.294 e. The summed E-state index contributed by atoms with van der Waals surface area (Å²) in [5, 5.41) is 12.8. The highest BCUT2D eigenvalue weighted by Crippen LogP contribution is 2.36. The van der Waals surface area contributed by atoms with Crippen LogP contribution in [-0.4, -0.2) is 33.6 Å². The largest absolute Gasteiger partial charge is 0.506 e. The summed E-state index contributed by atoms with van der Waals surface area (Å²) in [4.78, 5) is 38.9. The van der Waals surface area contributed by atoms with E-state index < -0.39 is 23.6 Å². The first-order valence-electron chi connectivity index (χ1n) is 10.9. The molecule has 6 nitrogen and oxygen atoms in total. The van der Waals surface area contributed by atoms with Crippen LogP contribution in [0.5, 0.6) is 5.75 Å². The molecule has 0 radical (unpaired) electrons. The second kappa shape index (κ2) is 10.4. The Balaban J connectivity index is 1.51. The Morgan fingerprint density at radius 2 is 1.77 bits per heavy atom. The van der Waals surface area contributed by atoms with Crippen LogP contribution in [0.1, 0.15) is 27.8 Å². The summed E-state index contributed by atoms with van der Waals surface area (Å²) < 4.78 is 0. The van der Waals surface area contributed by atoms with E-state index in [1.807, 2.05) is 56.3 Å². The molecule has 8 heteroatoms. The maximum Gasteiger partial charge on any atom is 0.294 e. The van der Waals surface area contributed by atoms with Gasteiger partial charge in [-0.1, -0.05) is 48.0 Å². The van der Waals surface area contributed by atoms with E-state index in [0.29, 0.717) is 17.7 Å². The summed E-state index contributed by atoms with van der Waals surface area (Å²) in [5.41, 5.74) is 4.94. The quantitative estimate of drug-likeness (QED) is 0.405. The van der Waals surface area contributed by atoms with Gasteiger partial charge in [0.15, 0.2) is 0 Å². The number of amides is 3. The minimum Gasteiger partial charge on any atom is -0.506 e. The third-order valence-electron chi connectivity index (χ3n) is 5.66. The van der Waals surface area contributed by atoms with Crippen LogP contribution in [0.4, 0.5) is 10.5 Å². The van der Waals surface area contributed by atoms with Gasteiger partial charge in [0.2, 0.25) is 5.91 Å². The minimum atomic E-state index is -0.598. The van der Waals surface area contributed by atoms with E-state index in [0.717, 1.165) is 38.9 Å². The monoisotopic (exact) mass is 506 g/mol. The molecule has 1 fully saturated rings. The van der Waals surface area contributed by atoms with Crippen LogP contribution in [0.2, 0.25) is 5.02 Å². The van der Waals surface area contributed by atoms with Crippen molar-refractivity contribution < 1.29 is 19.5 Å². The maximum absolute atomic E-state index is 12.9. The van der Waals surface area contributed by atoms with Crippen LogP contribution in [-0.2, 0) is 16.0 Å². The molecular weight excluding hydrogens is 484 g/mol. The third kappa shape index (κ3) is 5.75. The lowest BCUT2D eigenvalue weighted by atomic mass is 10.0. The molecule has 4 rings (SSSR count). The van der Waals surface area contributed by atoms with Crippen molar-refractivity contribution in [1.82, 2.24) is 4.90 Å². The van der Waals surface area contributed by atoms with E-state index in [2.05, 4.69) is 5.32 Å². The first-order chi connectivity index (χ1) is 16.7. The van der Waals surface area contributed by atoms with Gasteiger partial charge in [-0.3, -0.25) is 19.3 Å². The van der Waals surface area contributed by atoms with E-state index >= 15 is 0 Å². The van der Waals surface area contributed by atoms with E-state index in [1.165, 1.54) is 6.08 Å². The molecule has 0 spiro atoms. The third-order valence-corrected chi connectivity index (χ3v) is 6.85. The van der Waals surface area contributed by atoms with Crippen LogP contribution in [0, 0.1) is 13.8 Å². The number of carbonyl (C=O) groups excluding carboxylic acids is 3. The van der Waals surface area contributed by atoms with E-state index in [1.54, 1.807) is 18.2 Å². The molecule has 1 aliphatic heterocycles. The number of carbonyl (C=O) groups is 3. The standard InChI is InChI=1S/C27H23ClN2O4S/c1-16-8-9-21(10-17(16)2)29-24(31)15-30-26(33)23(35-27(30)34)14-20-12-19(13-22(28)25(20)32)11-18-6-4-3-5-7-18/h3-10,12-14,32H,11,15H2,1-2H3,(H,29,31). The molecular formula is C27H23ClN2O4S. The molecule has 178 valence electrons. The van der Waals surface area contributed by atoms with Gasteiger partial charge in [0.05, 0.1) is 9.93 Å². The molecule has 1 heterocycles. The number of thioether (sulfide) groups is 1. The second-order valence-electron chi connectivity index (χ2n) is 8.29. The number of anilines is 1. The topological polar surface area (TPSA) is 86.7 Å². The van der Waals surface area contributed by atoms with Crippen molar-refractivity contribution in [2.45, 2.75) is 20.3 Å². The minimum absolute atomic E-state index is 0.109. The number of nitrogens with zero attached hydrogens (tertiary/aromatic N) is 1. The fourth-order valence-electron chi connectivity index (χ4n) is 3.66. The summed E-state index contributed by atoms with van der Waals surface area (Å²) in [7, 11) is 0. The van der Waals surface area contributed by atoms with Crippen LogP contribution in [0.25, 0.3) is 6.08 Å². The Hall–Kier alpha value is -3.55. The van der Waals surface area contributed by atoms with Gasteiger partial charge >= 0.3 is 0 Å². The van der Waals surface area contributed by atoms with Crippen molar-refractivity contribution in [2.24, 2.45) is 0 Å². The molecule has 3 amide bonds. The predicted octanol–water partition coefficient (Wildman–Crippen LogP) is 5.93. The fourth-order valence-corrected chi connectivity index (χ4v) is 4.74. The molecule has 35 heavy (non-hydrogen) atoms. The number of halogens is 1. The lowest BCUT2D eigenvalue weighted by molar-refractivity contribution is -0.127. The highest BCUT2D eigenvalue weighted by atomic mass is 35.5. The first kappa shape index (κ1) is 24.6. The highest BCUT2D eigenvalue weighted by Gasteiger charge is 2.36. The lowest BCUT2D eigenvalue weighted by Crippen LogP contribution is -2.36. The highest BCUT2D eigenvalue weighted by molar-refractivity contribution is 8.18. The number of hydrogen-bond donors (Lipinski definition) is 2. The van der Waals surface area contributed by atoms with Crippen LogP contribution in [0.3, 0.4) is 0 Å². The number of benzene rings is 3. The molecule has 0 atom stereocenters. The SMILES string of the molecule is Cc1ccc(NC(=O)CN2C(=O)SC(=Cc3cc(Cc4ccccc4)cc(Cl)c3O)C2=O)cc1C. The Morgan fingerprint density at radius 3 is 2.49 bits per heavy atom. The Kier molecular flexibility index (Phi) is 7.28. The van der Waals surface area contributed by atoms with E-state index in [9.17, 15) is 19.5 Å². The summed E-state index contributed by atoms with van der Waals surface area (Å²) in [6, 6.07) is 18.6. The van der Waals surface area contributed by atoms with Crippen molar-refractivity contribution in [2.75, 3.05) is 11.9 Å². The Bertz CT molecular complexity index is 1350. The molecule has 3 aromatic carbocycles. The van der Waals surface area contributed by atoms with Gasteiger partial charge in [0.1, 0.15) is 12.3 Å². The summed E-state index contributed by atoms with van der Waals surface area (Å²) >= 11 is 6.95. The molecule has 0 bridgehead atoms. The number of aryl methyl sites for hydroxylation is 2. The second-order valence-corrected chi connectivity index (χ2v) is 9.69. The van der Waals surface area contributed by atoms with E-state index in [4.69, 9.17) is 11.6 Å². The molecule has 0 unspecified atom stereocenters. The predicted molar refractivity (Wildman–Crippen MR) is 140 cm³/mol. The Labute approximate surface area is 212 Å². The summed E-state index contributed by atoms with van der Waals surface area (Å²) in [5.74, 6) is -1.26. The van der Waals surface area contributed by atoms with Gasteiger partial charge in [-0.2, -0.15) is 0 Å². The van der Waals surface area contributed by atoms with Crippen LogP contribution in [0.15, 0.2) is 65.6 Å². The molecule has 0 saturated carbocycles. The van der Waals surface area contributed by atoms with Crippen molar-refractivity contribution in [3.05, 3.63) is 98.4 Å². The van der Waals surface area contributed by atoms with Crippen molar-refractivity contribution >= 4 is 52.2 Å². The lowest BCUT2D eigenvalue weighted by Gasteiger charge is -2.13. The zero-order valence-electron chi connectivity index (χ0n) is 19.2. The number of aromatic hydroxyl groups is 1. The average Bonchev–Trinajstić information content (AvgIpc) is 3.07.